The minimum atomic E-state index is -0.245. The molecule has 1 amide bonds. The lowest BCUT2D eigenvalue weighted by Gasteiger charge is -2.10. The summed E-state index contributed by atoms with van der Waals surface area (Å²) in [5, 5.41) is 3.48. The first-order valence-electron chi connectivity index (χ1n) is 8.66. The lowest BCUT2D eigenvalue weighted by Crippen LogP contribution is -2.20. The third-order valence-electron chi connectivity index (χ3n) is 3.89. The summed E-state index contributed by atoms with van der Waals surface area (Å²) in [7, 11) is 1.59. The maximum Gasteiger partial charge on any atom is 0.262 e. The molecule has 1 N–H and O–H groups in total. The average molecular weight is 398 g/mol. The van der Waals surface area contributed by atoms with Crippen LogP contribution in [0, 0.1) is 0 Å². The summed E-state index contributed by atoms with van der Waals surface area (Å²) in [5.41, 5.74) is 1.69. The topological polar surface area (TPSA) is 56.8 Å². The Labute approximate surface area is 168 Å². The number of rotatable bonds is 8. The lowest BCUT2D eigenvalue weighted by molar-refractivity contribution is -0.118. The molecule has 144 valence electrons. The quantitative estimate of drug-likeness (QED) is 0.584. The Kier molecular flexibility index (Phi) is 6.76. The minimum absolute atomic E-state index is 0.0822. The van der Waals surface area contributed by atoms with E-state index in [0.29, 0.717) is 28.8 Å². The van der Waals surface area contributed by atoms with Crippen LogP contribution in [-0.4, -0.2) is 19.6 Å². The Morgan fingerprint density at radius 1 is 0.821 bits per heavy atom. The fraction of sp³-hybridized carbons (Fsp3) is 0.136. The smallest absolute Gasteiger partial charge is 0.262 e. The number of hydrogen-bond donors (Lipinski definition) is 1. The summed E-state index contributed by atoms with van der Waals surface area (Å²) in [4.78, 5) is 12.0. The first-order chi connectivity index (χ1) is 13.6. The van der Waals surface area contributed by atoms with Crippen molar-refractivity contribution in [3.63, 3.8) is 0 Å². The predicted octanol–water partition coefficient (Wildman–Crippen LogP) is 4.95. The van der Waals surface area contributed by atoms with Crippen LogP contribution in [0.15, 0.2) is 72.8 Å². The summed E-state index contributed by atoms with van der Waals surface area (Å²) in [6.45, 7) is 0.361. The summed E-state index contributed by atoms with van der Waals surface area (Å²) in [6, 6.07) is 21.7. The Morgan fingerprint density at radius 2 is 1.39 bits per heavy atom. The molecule has 0 spiro atoms. The SMILES string of the molecule is COc1ccc(OCC(=O)Nc2ccc(OCc3ccc(Cl)cc3)cc2)cc1. The Balaban J connectivity index is 1.45. The molecule has 0 fully saturated rings. The van der Waals surface area contributed by atoms with Crippen molar-refractivity contribution in [2.75, 3.05) is 19.0 Å². The number of benzene rings is 3. The molecule has 3 aromatic carbocycles. The van der Waals surface area contributed by atoms with Crippen LogP contribution in [0.25, 0.3) is 0 Å². The zero-order valence-electron chi connectivity index (χ0n) is 15.4. The largest absolute Gasteiger partial charge is 0.497 e. The number of halogens is 1. The van der Waals surface area contributed by atoms with Gasteiger partial charge in [0.25, 0.3) is 5.91 Å². The maximum atomic E-state index is 12.0. The molecular weight excluding hydrogens is 378 g/mol. The molecule has 0 heterocycles. The third-order valence-corrected chi connectivity index (χ3v) is 4.14. The van der Waals surface area contributed by atoms with Gasteiger partial charge < -0.3 is 19.5 Å². The number of hydrogen-bond acceptors (Lipinski definition) is 4. The van der Waals surface area contributed by atoms with Gasteiger partial charge in [0.15, 0.2) is 6.61 Å². The van der Waals surface area contributed by atoms with E-state index in [1.807, 2.05) is 24.3 Å². The number of anilines is 1. The summed E-state index contributed by atoms with van der Waals surface area (Å²) >= 11 is 5.87. The monoisotopic (exact) mass is 397 g/mol. The molecule has 0 bridgehead atoms. The van der Waals surface area contributed by atoms with Gasteiger partial charge in [0.2, 0.25) is 0 Å². The maximum absolute atomic E-state index is 12.0. The molecule has 0 unspecified atom stereocenters. The average Bonchev–Trinajstić information content (AvgIpc) is 2.73. The van der Waals surface area contributed by atoms with E-state index in [9.17, 15) is 4.79 Å². The molecule has 0 saturated heterocycles. The Hall–Kier alpha value is -3.18. The molecule has 3 aromatic rings. The summed E-state index contributed by atoms with van der Waals surface area (Å²) < 4.78 is 16.3. The van der Waals surface area contributed by atoms with Crippen LogP contribution in [0.4, 0.5) is 5.69 Å². The standard InChI is InChI=1S/C22H20ClNO4/c1-26-19-10-12-21(13-11-19)28-15-22(25)24-18-6-8-20(9-7-18)27-14-16-2-4-17(23)5-3-16/h2-13H,14-15H2,1H3,(H,24,25). The van der Waals surface area contributed by atoms with Crippen LogP contribution in [0.1, 0.15) is 5.56 Å². The van der Waals surface area contributed by atoms with E-state index in [4.69, 9.17) is 25.8 Å². The Bertz CT molecular complexity index is 893. The predicted molar refractivity (Wildman–Crippen MR) is 109 cm³/mol. The second-order valence-electron chi connectivity index (χ2n) is 5.95. The molecule has 28 heavy (non-hydrogen) atoms. The summed E-state index contributed by atoms with van der Waals surface area (Å²) in [6.07, 6.45) is 0. The number of methoxy groups -OCH3 is 1. The van der Waals surface area contributed by atoms with Crippen molar-refractivity contribution in [1.82, 2.24) is 0 Å². The minimum Gasteiger partial charge on any atom is -0.497 e. The highest BCUT2D eigenvalue weighted by Gasteiger charge is 2.05. The van der Waals surface area contributed by atoms with Crippen LogP contribution in [0.3, 0.4) is 0 Å². The van der Waals surface area contributed by atoms with E-state index in [0.717, 1.165) is 11.3 Å². The highest BCUT2D eigenvalue weighted by molar-refractivity contribution is 6.30. The molecule has 0 aliphatic heterocycles. The van der Waals surface area contributed by atoms with Gasteiger partial charge >= 0.3 is 0 Å². The first kappa shape index (κ1) is 19.6. The molecule has 3 rings (SSSR count). The van der Waals surface area contributed by atoms with E-state index in [-0.39, 0.29) is 12.5 Å². The van der Waals surface area contributed by atoms with Crippen molar-refractivity contribution in [2.24, 2.45) is 0 Å². The number of carbonyl (C=O) groups excluding carboxylic acids is 1. The van der Waals surface area contributed by atoms with Crippen molar-refractivity contribution in [1.29, 1.82) is 0 Å². The van der Waals surface area contributed by atoms with Crippen molar-refractivity contribution in [2.45, 2.75) is 6.61 Å². The molecule has 0 saturated carbocycles. The van der Waals surface area contributed by atoms with Gasteiger partial charge in [-0.3, -0.25) is 4.79 Å². The van der Waals surface area contributed by atoms with E-state index < -0.39 is 0 Å². The van der Waals surface area contributed by atoms with Crippen LogP contribution >= 0.6 is 11.6 Å². The summed E-state index contributed by atoms with van der Waals surface area (Å²) in [5.74, 6) is 1.80. The first-order valence-corrected chi connectivity index (χ1v) is 9.04. The van der Waals surface area contributed by atoms with Crippen molar-refractivity contribution < 1.29 is 19.0 Å². The van der Waals surface area contributed by atoms with Gasteiger partial charge in [-0.2, -0.15) is 0 Å². The van der Waals surface area contributed by atoms with E-state index >= 15 is 0 Å². The number of amides is 1. The highest BCUT2D eigenvalue weighted by atomic mass is 35.5. The zero-order valence-corrected chi connectivity index (χ0v) is 16.1. The van der Waals surface area contributed by atoms with Gasteiger partial charge in [-0.05, 0) is 66.2 Å². The van der Waals surface area contributed by atoms with E-state index in [2.05, 4.69) is 5.32 Å². The number of ether oxygens (including phenoxy) is 3. The fourth-order valence-corrected chi connectivity index (χ4v) is 2.53. The molecule has 0 aromatic heterocycles. The molecule has 0 aliphatic carbocycles. The van der Waals surface area contributed by atoms with Gasteiger partial charge in [0.1, 0.15) is 23.9 Å². The normalized spacial score (nSPS) is 10.2. The second-order valence-corrected chi connectivity index (χ2v) is 6.39. The zero-order chi connectivity index (χ0) is 19.8. The second kappa shape index (κ2) is 9.67. The van der Waals surface area contributed by atoms with Gasteiger partial charge in [0, 0.05) is 10.7 Å². The number of carbonyl (C=O) groups is 1. The van der Waals surface area contributed by atoms with Crippen LogP contribution in [-0.2, 0) is 11.4 Å². The van der Waals surface area contributed by atoms with Crippen LogP contribution < -0.4 is 19.5 Å². The molecule has 0 radical (unpaired) electrons. The molecule has 5 nitrogen and oxygen atoms in total. The molecule has 6 heteroatoms. The molecule has 0 atom stereocenters. The fourth-order valence-electron chi connectivity index (χ4n) is 2.40. The van der Waals surface area contributed by atoms with Gasteiger partial charge in [-0.25, -0.2) is 0 Å². The van der Waals surface area contributed by atoms with Crippen molar-refractivity contribution >= 4 is 23.2 Å². The number of nitrogens with one attached hydrogen (secondary N) is 1. The molecule has 0 aliphatic rings. The van der Waals surface area contributed by atoms with Crippen molar-refractivity contribution in [3.05, 3.63) is 83.4 Å². The highest BCUT2D eigenvalue weighted by Crippen LogP contribution is 2.19. The molecular formula is C22H20ClNO4. The van der Waals surface area contributed by atoms with E-state index in [1.54, 1.807) is 55.6 Å². The van der Waals surface area contributed by atoms with Crippen LogP contribution in [0.5, 0.6) is 17.2 Å². The van der Waals surface area contributed by atoms with Gasteiger partial charge in [-0.15, -0.1) is 0 Å². The van der Waals surface area contributed by atoms with Gasteiger partial charge in [-0.1, -0.05) is 23.7 Å². The lowest BCUT2D eigenvalue weighted by atomic mass is 10.2. The van der Waals surface area contributed by atoms with E-state index in [1.165, 1.54) is 0 Å². The Morgan fingerprint density at radius 3 is 2.04 bits per heavy atom. The van der Waals surface area contributed by atoms with Crippen LogP contribution in [0.2, 0.25) is 5.02 Å². The third kappa shape index (κ3) is 5.93. The van der Waals surface area contributed by atoms with Gasteiger partial charge in [0.05, 0.1) is 7.11 Å². The van der Waals surface area contributed by atoms with Crippen molar-refractivity contribution in [3.8, 4) is 17.2 Å².